The summed E-state index contributed by atoms with van der Waals surface area (Å²) in [5, 5.41) is 19.7. The molecule has 0 atom stereocenters. The number of nitro benzene ring substituents is 1. The van der Waals surface area contributed by atoms with Crippen LogP contribution in [0.15, 0.2) is 12.1 Å². The maximum absolute atomic E-state index is 13.6. The highest BCUT2D eigenvalue weighted by atomic mass is 19.1. The van der Waals surface area contributed by atoms with Crippen molar-refractivity contribution in [1.82, 2.24) is 0 Å². The van der Waals surface area contributed by atoms with Crippen LogP contribution in [0, 0.1) is 27.3 Å². The number of benzene rings is 1. The molecule has 0 radical (unpaired) electrons. The minimum Gasteiger partial charge on any atom is -0.468 e. The Balaban J connectivity index is 3.61. The van der Waals surface area contributed by atoms with Crippen LogP contribution in [0.2, 0.25) is 0 Å². The summed E-state index contributed by atoms with van der Waals surface area (Å²) in [5.41, 5.74) is -1.89. The standard InChI is InChI=1S/C12H9FN2O6/c1-20-11(16)10(12(17)21-2)7-4-8(13)6(5-14)3-9(7)15(18)19/h3-4,10H,1-2H3. The number of rotatable bonds is 4. The number of hydrogen-bond donors (Lipinski definition) is 0. The molecule has 0 unspecified atom stereocenters. The van der Waals surface area contributed by atoms with Crippen molar-refractivity contribution in [2.45, 2.75) is 5.92 Å². The zero-order valence-electron chi connectivity index (χ0n) is 11.0. The number of carbonyl (C=O) groups is 2. The summed E-state index contributed by atoms with van der Waals surface area (Å²) in [4.78, 5) is 33.3. The summed E-state index contributed by atoms with van der Waals surface area (Å²) in [6.07, 6.45) is 0. The van der Waals surface area contributed by atoms with E-state index in [-0.39, 0.29) is 0 Å². The number of hydrogen-bond acceptors (Lipinski definition) is 7. The molecule has 0 aliphatic rings. The fraction of sp³-hybridized carbons (Fsp3) is 0.250. The van der Waals surface area contributed by atoms with Crippen LogP contribution in [-0.4, -0.2) is 31.1 Å². The Morgan fingerprint density at radius 3 is 2.24 bits per heavy atom. The predicted octanol–water partition coefficient (Wildman–Crippen LogP) is 1.04. The van der Waals surface area contributed by atoms with E-state index in [4.69, 9.17) is 5.26 Å². The Kier molecular flexibility index (Phi) is 4.91. The highest BCUT2D eigenvalue weighted by molar-refractivity contribution is 6.01. The van der Waals surface area contributed by atoms with Crippen molar-refractivity contribution >= 4 is 17.6 Å². The molecule has 0 saturated heterocycles. The lowest BCUT2D eigenvalue weighted by Gasteiger charge is -2.13. The molecule has 0 aliphatic heterocycles. The first-order valence-corrected chi connectivity index (χ1v) is 5.41. The van der Waals surface area contributed by atoms with Gasteiger partial charge in [0, 0.05) is 6.07 Å². The van der Waals surface area contributed by atoms with E-state index < -0.39 is 45.4 Å². The Morgan fingerprint density at radius 1 is 1.33 bits per heavy atom. The predicted molar refractivity (Wildman–Crippen MR) is 64.5 cm³/mol. The van der Waals surface area contributed by atoms with Crippen LogP contribution in [0.5, 0.6) is 0 Å². The van der Waals surface area contributed by atoms with Gasteiger partial charge in [-0.05, 0) is 6.07 Å². The number of nitriles is 1. The zero-order valence-corrected chi connectivity index (χ0v) is 11.0. The van der Waals surface area contributed by atoms with Gasteiger partial charge in [0.15, 0.2) is 5.92 Å². The van der Waals surface area contributed by atoms with E-state index in [1.807, 2.05) is 0 Å². The fourth-order valence-electron chi connectivity index (χ4n) is 1.64. The minimum atomic E-state index is -1.82. The zero-order chi connectivity index (χ0) is 16.2. The molecule has 0 aromatic heterocycles. The summed E-state index contributed by atoms with van der Waals surface area (Å²) >= 11 is 0. The van der Waals surface area contributed by atoms with E-state index in [1.54, 1.807) is 0 Å². The average molecular weight is 296 g/mol. The van der Waals surface area contributed by atoms with E-state index in [9.17, 15) is 24.1 Å². The van der Waals surface area contributed by atoms with Gasteiger partial charge in [0.05, 0.1) is 30.3 Å². The van der Waals surface area contributed by atoms with Crippen LogP contribution in [0.1, 0.15) is 17.0 Å². The number of carbonyl (C=O) groups excluding carboxylic acids is 2. The quantitative estimate of drug-likeness (QED) is 0.352. The van der Waals surface area contributed by atoms with Crippen LogP contribution in [-0.2, 0) is 19.1 Å². The van der Waals surface area contributed by atoms with Gasteiger partial charge in [-0.25, -0.2) is 4.39 Å². The maximum atomic E-state index is 13.6. The third kappa shape index (κ3) is 3.11. The fourth-order valence-corrected chi connectivity index (χ4v) is 1.64. The van der Waals surface area contributed by atoms with E-state index >= 15 is 0 Å². The van der Waals surface area contributed by atoms with Gasteiger partial charge in [-0.2, -0.15) is 5.26 Å². The van der Waals surface area contributed by atoms with Crippen molar-refractivity contribution in [1.29, 1.82) is 5.26 Å². The monoisotopic (exact) mass is 296 g/mol. The summed E-state index contributed by atoms with van der Waals surface area (Å²) in [7, 11) is 1.92. The first kappa shape index (κ1) is 16.0. The molecule has 1 rings (SSSR count). The lowest BCUT2D eigenvalue weighted by Crippen LogP contribution is -2.25. The molecule has 8 nitrogen and oxygen atoms in total. The van der Waals surface area contributed by atoms with E-state index in [2.05, 4.69) is 9.47 Å². The Hall–Kier alpha value is -3.02. The summed E-state index contributed by atoms with van der Waals surface area (Å²) in [5.74, 6) is -5.21. The molecule has 0 bridgehead atoms. The van der Waals surface area contributed by atoms with Gasteiger partial charge in [0.2, 0.25) is 0 Å². The van der Waals surface area contributed by atoms with Gasteiger partial charge >= 0.3 is 11.9 Å². The first-order valence-electron chi connectivity index (χ1n) is 5.41. The topological polar surface area (TPSA) is 120 Å². The van der Waals surface area contributed by atoms with Crippen molar-refractivity contribution in [2.24, 2.45) is 0 Å². The third-order valence-corrected chi connectivity index (χ3v) is 2.62. The van der Waals surface area contributed by atoms with Crippen molar-refractivity contribution < 1.29 is 28.4 Å². The maximum Gasteiger partial charge on any atom is 0.324 e. The number of esters is 2. The molecule has 0 spiro atoms. The minimum absolute atomic E-state index is 0.546. The molecule has 1 aromatic rings. The van der Waals surface area contributed by atoms with E-state index in [0.717, 1.165) is 14.2 Å². The van der Waals surface area contributed by atoms with Crippen molar-refractivity contribution in [3.63, 3.8) is 0 Å². The molecule has 110 valence electrons. The summed E-state index contributed by atoms with van der Waals surface area (Å²) in [6.45, 7) is 0. The highest BCUT2D eigenvalue weighted by Crippen LogP contribution is 2.31. The van der Waals surface area contributed by atoms with Crippen molar-refractivity contribution in [3.8, 4) is 6.07 Å². The second kappa shape index (κ2) is 6.42. The smallest absolute Gasteiger partial charge is 0.324 e. The Bertz CT molecular complexity index is 636. The van der Waals surface area contributed by atoms with Crippen LogP contribution in [0.3, 0.4) is 0 Å². The Morgan fingerprint density at radius 2 is 1.86 bits per heavy atom. The molecule has 9 heteroatoms. The summed E-state index contributed by atoms with van der Waals surface area (Å²) < 4.78 is 22.4. The van der Waals surface area contributed by atoms with Gasteiger partial charge in [-0.1, -0.05) is 0 Å². The second-order valence-electron chi connectivity index (χ2n) is 3.74. The van der Waals surface area contributed by atoms with Gasteiger partial charge < -0.3 is 9.47 Å². The van der Waals surface area contributed by atoms with Gasteiger partial charge in [0.25, 0.3) is 5.69 Å². The molecule has 0 fully saturated rings. The SMILES string of the molecule is COC(=O)C(C(=O)OC)c1cc(F)c(C#N)cc1[N+](=O)[O-]. The lowest BCUT2D eigenvalue weighted by atomic mass is 9.95. The van der Waals surface area contributed by atoms with Gasteiger partial charge in [-0.15, -0.1) is 0 Å². The number of halogens is 1. The molecular weight excluding hydrogens is 287 g/mol. The van der Waals surface area contributed by atoms with E-state index in [0.29, 0.717) is 12.1 Å². The van der Waals surface area contributed by atoms with E-state index in [1.165, 1.54) is 6.07 Å². The number of ether oxygens (including phenoxy) is 2. The van der Waals surface area contributed by atoms with Crippen molar-refractivity contribution in [3.05, 3.63) is 39.2 Å². The number of methoxy groups -OCH3 is 2. The van der Waals surface area contributed by atoms with Crippen LogP contribution in [0.4, 0.5) is 10.1 Å². The largest absolute Gasteiger partial charge is 0.468 e. The van der Waals surface area contributed by atoms with Crippen LogP contribution < -0.4 is 0 Å². The Labute approximate surface area is 117 Å². The van der Waals surface area contributed by atoms with Crippen LogP contribution in [0.25, 0.3) is 0 Å². The number of nitro groups is 1. The molecule has 0 saturated carbocycles. The lowest BCUT2D eigenvalue weighted by molar-refractivity contribution is -0.385. The normalized spacial score (nSPS) is 9.86. The molecule has 1 aromatic carbocycles. The van der Waals surface area contributed by atoms with Crippen LogP contribution >= 0.6 is 0 Å². The van der Waals surface area contributed by atoms with Crippen molar-refractivity contribution in [2.75, 3.05) is 14.2 Å². The highest BCUT2D eigenvalue weighted by Gasteiger charge is 2.37. The molecule has 0 amide bonds. The summed E-state index contributed by atoms with van der Waals surface area (Å²) in [6, 6.07) is 2.65. The molecule has 21 heavy (non-hydrogen) atoms. The second-order valence-corrected chi connectivity index (χ2v) is 3.74. The first-order chi connectivity index (χ1) is 9.87. The molecular formula is C12H9FN2O6. The van der Waals surface area contributed by atoms with Gasteiger partial charge in [0.1, 0.15) is 11.9 Å². The third-order valence-electron chi connectivity index (χ3n) is 2.62. The molecule has 0 heterocycles. The molecule has 0 aliphatic carbocycles. The average Bonchev–Trinajstić information content (AvgIpc) is 2.46. The van der Waals surface area contributed by atoms with Gasteiger partial charge in [-0.3, -0.25) is 19.7 Å². The molecule has 0 N–H and O–H groups in total. The number of nitrogens with zero attached hydrogens (tertiary/aromatic N) is 2.